The number of hydrogen-bond acceptors (Lipinski definition) is 4. The van der Waals surface area contributed by atoms with Crippen molar-refractivity contribution in [3.8, 4) is 0 Å². The Labute approximate surface area is 115 Å². The molecule has 7 heteroatoms. The Morgan fingerprint density at radius 3 is 2.65 bits per heavy atom. The van der Waals surface area contributed by atoms with E-state index in [1.54, 1.807) is 18.2 Å². The van der Waals surface area contributed by atoms with Crippen molar-refractivity contribution in [1.82, 2.24) is 10.2 Å². The summed E-state index contributed by atoms with van der Waals surface area (Å²) < 4.78 is 0. The van der Waals surface area contributed by atoms with Gasteiger partial charge in [0.2, 0.25) is 11.8 Å². The minimum atomic E-state index is -0.481. The average Bonchev–Trinajstić information content (AvgIpc) is 2.45. The number of nitro groups is 1. The van der Waals surface area contributed by atoms with Crippen LogP contribution in [0.5, 0.6) is 0 Å². The molecule has 7 nitrogen and oxygen atoms in total. The number of nitrogens with one attached hydrogen (secondary N) is 1. The third kappa shape index (κ3) is 3.41. The van der Waals surface area contributed by atoms with E-state index in [1.165, 1.54) is 23.1 Å². The molecule has 0 spiro atoms. The van der Waals surface area contributed by atoms with Gasteiger partial charge in [0.15, 0.2) is 0 Å². The molecule has 20 heavy (non-hydrogen) atoms. The Bertz CT molecular complexity index is 565. The van der Waals surface area contributed by atoms with E-state index in [4.69, 9.17) is 0 Å². The maximum absolute atomic E-state index is 11.8. The molecule has 0 radical (unpaired) electrons. The van der Waals surface area contributed by atoms with Crippen molar-refractivity contribution >= 4 is 23.6 Å². The molecule has 0 bridgehead atoms. The van der Waals surface area contributed by atoms with Gasteiger partial charge in [0.1, 0.15) is 0 Å². The summed E-state index contributed by atoms with van der Waals surface area (Å²) in [7, 11) is 0. The molecule has 1 heterocycles. The number of carbonyl (C=O) groups is 2. The third-order valence-electron chi connectivity index (χ3n) is 2.87. The first-order valence-corrected chi connectivity index (χ1v) is 6.04. The van der Waals surface area contributed by atoms with Gasteiger partial charge in [0, 0.05) is 31.3 Å². The molecule has 0 aromatic heterocycles. The zero-order chi connectivity index (χ0) is 14.5. The van der Waals surface area contributed by atoms with Crippen LogP contribution in [0, 0.1) is 10.1 Å². The van der Waals surface area contributed by atoms with Crippen molar-refractivity contribution in [3.05, 3.63) is 46.0 Å². The Morgan fingerprint density at radius 1 is 1.35 bits per heavy atom. The monoisotopic (exact) mass is 275 g/mol. The fourth-order valence-corrected chi connectivity index (χ4v) is 1.81. The summed E-state index contributed by atoms with van der Waals surface area (Å²) in [5.41, 5.74) is 0.687. The van der Waals surface area contributed by atoms with E-state index in [1.807, 2.05) is 0 Å². The molecule has 0 atom stereocenters. The van der Waals surface area contributed by atoms with E-state index < -0.39 is 4.92 Å². The molecule has 1 N–H and O–H groups in total. The number of hydrogen-bond donors (Lipinski definition) is 1. The summed E-state index contributed by atoms with van der Waals surface area (Å²) in [6.07, 6.45) is 2.93. The highest BCUT2D eigenvalue weighted by atomic mass is 16.6. The van der Waals surface area contributed by atoms with Crippen molar-refractivity contribution in [2.75, 3.05) is 19.6 Å². The molecule has 2 amide bonds. The maximum atomic E-state index is 11.8. The predicted octanol–water partition coefficient (Wildman–Crippen LogP) is 0.566. The molecule has 1 aromatic carbocycles. The molecular formula is C13H13N3O4. The molecule has 1 saturated heterocycles. The largest absolute Gasteiger partial charge is 0.353 e. The molecule has 1 fully saturated rings. The zero-order valence-corrected chi connectivity index (χ0v) is 10.6. The SMILES string of the molecule is O=C1CN(C(=O)C=Cc2ccc([N+](=O)[O-])cc2)CCN1. The van der Waals surface area contributed by atoms with E-state index in [9.17, 15) is 19.7 Å². The van der Waals surface area contributed by atoms with E-state index in [0.29, 0.717) is 18.7 Å². The Morgan fingerprint density at radius 2 is 2.05 bits per heavy atom. The van der Waals surface area contributed by atoms with Crippen LogP contribution in [-0.2, 0) is 9.59 Å². The molecule has 1 aliphatic heterocycles. The Balaban J connectivity index is 1.99. The van der Waals surface area contributed by atoms with Crippen LogP contribution < -0.4 is 5.32 Å². The topological polar surface area (TPSA) is 92.5 Å². The minimum Gasteiger partial charge on any atom is -0.353 e. The van der Waals surface area contributed by atoms with Crippen molar-refractivity contribution < 1.29 is 14.5 Å². The predicted molar refractivity (Wildman–Crippen MR) is 71.7 cm³/mol. The number of nitrogens with zero attached hydrogens (tertiary/aromatic N) is 2. The minimum absolute atomic E-state index is 0.00109. The highest BCUT2D eigenvalue weighted by Gasteiger charge is 2.18. The molecule has 104 valence electrons. The van der Waals surface area contributed by atoms with Crippen LogP contribution >= 0.6 is 0 Å². The molecule has 1 aromatic rings. The lowest BCUT2D eigenvalue weighted by atomic mass is 10.2. The molecule has 1 aliphatic rings. The van der Waals surface area contributed by atoms with Crippen LogP contribution in [0.15, 0.2) is 30.3 Å². The van der Waals surface area contributed by atoms with Crippen LogP contribution in [0.25, 0.3) is 6.08 Å². The van der Waals surface area contributed by atoms with E-state index in [2.05, 4.69) is 5.32 Å². The number of benzene rings is 1. The van der Waals surface area contributed by atoms with Gasteiger partial charge >= 0.3 is 0 Å². The molecule has 2 rings (SSSR count). The summed E-state index contributed by atoms with van der Waals surface area (Å²) in [6.45, 7) is 0.995. The van der Waals surface area contributed by atoms with Gasteiger partial charge in [-0.3, -0.25) is 19.7 Å². The van der Waals surface area contributed by atoms with Crippen molar-refractivity contribution in [2.24, 2.45) is 0 Å². The number of nitro benzene ring substituents is 1. The fraction of sp³-hybridized carbons (Fsp3) is 0.231. The van der Waals surface area contributed by atoms with Crippen molar-refractivity contribution in [1.29, 1.82) is 0 Å². The maximum Gasteiger partial charge on any atom is 0.269 e. The molecule has 0 saturated carbocycles. The van der Waals surface area contributed by atoms with Crippen LogP contribution in [0.3, 0.4) is 0 Å². The second-order valence-electron chi connectivity index (χ2n) is 4.29. The van der Waals surface area contributed by atoms with Gasteiger partial charge in [-0.1, -0.05) is 0 Å². The van der Waals surface area contributed by atoms with Crippen LogP contribution in [0.2, 0.25) is 0 Å². The van der Waals surface area contributed by atoms with Gasteiger partial charge in [0.25, 0.3) is 5.69 Å². The Kier molecular flexibility index (Phi) is 4.09. The van der Waals surface area contributed by atoms with Crippen LogP contribution in [0.1, 0.15) is 5.56 Å². The first-order chi connectivity index (χ1) is 9.56. The smallest absolute Gasteiger partial charge is 0.269 e. The number of piperazine rings is 1. The molecule has 0 aliphatic carbocycles. The van der Waals surface area contributed by atoms with E-state index in [0.717, 1.165) is 0 Å². The number of carbonyl (C=O) groups excluding carboxylic acids is 2. The zero-order valence-electron chi connectivity index (χ0n) is 10.6. The lowest BCUT2D eigenvalue weighted by Gasteiger charge is -2.25. The summed E-state index contributed by atoms with van der Waals surface area (Å²) in [4.78, 5) is 34.5. The number of amides is 2. The highest BCUT2D eigenvalue weighted by molar-refractivity contribution is 5.94. The normalized spacial score (nSPS) is 15.2. The van der Waals surface area contributed by atoms with Gasteiger partial charge < -0.3 is 10.2 Å². The van der Waals surface area contributed by atoms with Gasteiger partial charge in [-0.15, -0.1) is 0 Å². The van der Waals surface area contributed by atoms with Crippen LogP contribution in [-0.4, -0.2) is 41.3 Å². The lowest BCUT2D eigenvalue weighted by Crippen LogP contribution is -2.49. The highest BCUT2D eigenvalue weighted by Crippen LogP contribution is 2.13. The van der Waals surface area contributed by atoms with Gasteiger partial charge in [-0.2, -0.15) is 0 Å². The second kappa shape index (κ2) is 5.96. The average molecular weight is 275 g/mol. The van der Waals surface area contributed by atoms with Gasteiger partial charge in [-0.25, -0.2) is 0 Å². The standard InChI is InChI=1S/C13H13N3O4/c17-12-9-15(8-7-14-12)13(18)6-3-10-1-4-11(5-2-10)16(19)20/h1-6H,7-9H2,(H,14,17). The van der Waals surface area contributed by atoms with Crippen LogP contribution in [0.4, 0.5) is 5.69 Å². The summed E-state index contributed by atoms with van der Waals surface area (Å²) >= 11 is 0. The molecular weight excluding hydrogens is 262 g/mol. The first kappa shape index (κ1) is 13.7. The van der Waals surface area contributed by atoms with E-state index >= 15 is 0 Å². The van der Waals surface area contributed by atoms with Crippen molar-refractivity contribution in [2.45, 2.75) is 0 Å². The second-order valence-corrected chi connectivity index (χ2v) is 4.29. The first-order valence-electron chi connectivity index (χ1n) is 6.04. The summed E-state index contributed by atoms with van der Waals surface area (Å²) in [6, 6.07) is 5.87. The number of rotatable bonds is 3. The summed E-state index contributed by atoms with van der Waals surface area (Å²) in [5, 5.41) is 13.1. The summed E-state index contributed by atoms with van der Waals surface area (Å²) in [5.74, 6) is -0.425. The van der Waals surface area contributed by atoms with Gasteiger partial charge in [0.05, 0.1) is 11.5 Å². The van der Waals surface area contributed by atoms with E-state index in [-0.39, 0.29) is 24.0 Å². The fourth-order valence-electron chi connectivity index (χ4n) is 1.81. The van der Waals surface area contributed by atoms with Crippen molar-refractivity contribution in [3.63, 3.8) is 0 Å². The third-order valence-corrected chi connectivity index (χ3v) is 2.87. The molecule has 0 unspecified atom stereocenters. The quantitative estimate of drug-likeness (QED) is 0.495. The lowest BCUT2D eigenvalue weighted by molar-refractivity contribution is -0.384. The Hall–Kier alpha value is -2.70. The van der Waals surface area contributed by atoms with Gasteiger partial charge in [-0.05, 0) is 23.8 Å². The number of non-ortho nitro benzene ring substituents is 1.